The van der Waals surface area contributed by atoms with Gasteiger partial charge >= 0.3 is 0 Å². The zero-order valence-corrected chi connectivity index (χ0v) is 14.8. The van der Waals surface area contributed by atoms with Crippen LogP contribution in [-0.2, 0) is 16.1 Å². The number of nitrogens with two attached hydrogens (primary N) is 1. The maximum atomic E-state index is 12.6. The maximum absolute atomic E-state index is 12.6. The van der Waals surface area contributed by atoms with E-state index in [2.05, 4.69) is 10.3 Å². The summed E-state index contributed by atoms with van der Waals surface area (Å²) in [7, 11) is 1.59. The number of halogens is 1. The van der Waals surface area contributed by atoms with Crippen molar-refractivity contribution in [3.05, 3.63) is 24.1 Å². The average Bonchev–Trinajstić information content (AvgIpc) is 2.88. The molecule has 0 aliphatic heterocycles. The largest absolute Gasteiger partial charge is 0.438 e. The summed E-state index contributed by atoms with van der Waals surface area (Å²) in [4.78, 5) is 16.9. The Labute approximate surface area is 147 Å². The topological polar surface area (TPSA) is 90.4 Å². The highest BCUT2D eigenvalue weighted by atomic mass is 35.5. The molecule has 6 nitrogen and oxygen atoms in total. The monoisotopic (exact) mass is 353 g/mol. The van der Waals surface area contributed by atoms with Crippen molar-refractivity contribution in [1.82, 2.24) is 4.98 Å². The van der Waals surface area contributed by atoms with E-state index in [4.69, 9.17) is 14.9 Å². The lowest BCUT2D eigenvalue weighted by Crippen LogP contribution is -2.51. The second-order valence-electron chi connectivity index (χ2n) is 6.52. The molecule has 3 rings (SSSR count). The van der Waals surface area contributed by atoms with Crippen molar-refractivity contribution >= 4 is 35.1 Å². The number of hydrogen-bond acceptors (Lipinski definition) is 5. The highest BCUT2D eigenvalue weighted by Gasteiger charge is 2.37. The van der Waals surface area contributed by atoms with Crippen LogP contribution in [0.15, 0.2) is 22.6 Å². The Hall–Kier alpha value is -1.63. The van der Waals surface area contributed by atoms with Gasteiger partial charge in [0.15, 0.2) is 5.58 Å². The van der Waals surface area contributed by atoms with Gasteiger partial charge in [0.05, 0.1) is 5.92 Å². The SMILES string of the molecule is COCc1nc2cc(NC(=O)C3CCCCC3(C)N)ccc2o1.Cl. The van der Waals surface area contributed by atoms with Crippen LogP contribution in [0.25, 0.3) is 11.1 Å². The third-order valence-electron chi connectivity index (χ3n) is 4.54. The molecule has 7 heteroatoms. The van der Waals surface area contributed by atoms with E-state index in [9.17, 15) is 4.79 Å². The number of rotatable bonds is 4. The molecule has 0 spiro atoms. The summed E-state index contributed by atoms with van der Waals surface area (Å²) in [5.74, 6) is 0.343. The fraction of sp³-hybridized carbons (Fsp3) is 0.529. The van der Waals surface area contributed by atoms with Crippen molar-refractivity contribution in [1.29, 1.82) is 0 Å². The van der Waals surface area contributed by atoms with Gasteiger partial charge < -0.3 is 20.2 Å². The molecule has 2 unspecified atom stereocenters. The van der Waals surface area contributed by atoms with Gasteiger partial charge in [0, 0.05) is 18.3 Å². The first-order valence-electron chi connectivity index (χ1n) is 7.98. The van der Waals surface area contributed by atoms with Crippen LogP contribution in [0.1, 0.15) is 38.5 Å². The Morgan fingerprint density at radius 3 is 3.00 bits per heavy atom. The highest BCUT2D eigenvalue weighted by molar-refractivity contribution is 5.95. The Morgan fingerprint density at radius 2 is 2.29 bits per heavy atom. The second kappa shape index (κ2) is 7.51. The molecule has 0 saturated heterocycles. The average molecular weight is 354 g/mol. The fourth-order valence-corrected chi connectivity index (χ4v) is 3.26. The lowest BCUT2D eigenvalue weighted by Gasteiger charge is -2.37. The number of aromatic nitrogens is 1. The van der Waals surface area contributed by atoms with Crippen molar-refractivity contribution in [3.8, 4) is 0 Å². The summed E-state index contributed by atoms with van der Waals surface area (Å²) in [5, 5.41) is 2.97. The second-order valence-corrected chi connectivity index (χ2v) is 6.52. The van der Waals surface area contributed by atoms with Crippen LogP contribution in [0.2, 0.25) is 0 Å². The van der Waals surface area contributed by atoms with Gasteiger partial charge in [0.2, 0.25) is 11.8 Å². The molecule has 2 aromatic rings. The van der Waals surface area contributed by atoms with Crippen LogP contribution in [0, 0.1) is 5.92 Å². The first kappa shape index (κ1) is 18.7. The summed E-state index contributed by atoms with van der Waals surface area (Å²) in [6, 6.07) is 5.44. The molecule has 1 aromatic heterocycles. The van der Waals surface area contributed by atoms with Gasteiger partial charge in [0.25, 0.3) is 0 Å². The molecule has 1 aromatic carbocycles. The third-order valence-corrected chi connectivity index (χ3v) is 4.54. The molecular weight excluding hydrogens is 330 g/mol. The Balaban J connectivity index is 0.00000208. The van der Waals surface area contributed by atoms with Gasteiger partial charge in [-0.15, -0.1) is 12.4 Å². The van der Waals surface area contributed by atoms with Crippen molar-refractivity contribution in [2.24, 2.45) is 11.7 Å². The van der Waals surface area contributed by atoms with E-state index in [1.165, 1.54) is 0 Å². The van der Waals surface area contributed by atoms with E-state index in [-0.39, 0.29) is 24.2 Å². The number of fused-ring (bicyclic) bond motifs is 1. The minimum absolute atomic E-state index is 0. The summed E-state index contributed by atoms with van der Waals surface area (Å²) in [6.07, 6.45) is 3.86. The standard InChI is InChI=1S/C17H23N3O3.ClH/c1-17(18)8-4-3-5-12(17)16(21)19-11-6-7-14-13(9-11)20-15(23-14)10-22-2;/h6-7,9,12H,3-5,8,10,18H2,1-2H3,(H,19,21);1H. The number of amides is 1. The molecule has 24 heavy (non-hydrogen) atoms. The fourth-order valence-electron chi connectivity index (χ4n) is 3.26. The van der Waals surface area contributed by atoms with E-state index in [0.717, 1.165) is 25.7 Å². The molecule has 0 radical (unpaired) electrons. The molecule has 0 bridgehead atoms. The number of nitrogens with zero attached hydrogens (tertiary/aromatic N) is 1. The molecule has 1 saturated carbocycles. The number of carbonyl (C=O) groups excluding carboxylic acids is 1. The quantitative estimate of drug-likeness (QED) is 0.880. The van der Waals surface area contributed by atoms with Crippen LogP contribution in [0.5, 0.6) is 0 Å². The molecule has 2 atom stereocenters. The van der Waals surface area contributed by atoms with Gasteiger partial charge in [-0.25, -0.2) is 4.98 Å². The zero-order chi connectivity index (χ0) is 16.4. The number of carbonyl (C=O) groups is 1. The normalized spacial score (nSPS) is 23.7. The first-order chi connectivity index (χ1) is 11.0. The minimum Gasteiger partial charge on any atom is -0.438 e. The van der Waals surface area contributed by atoms with Crippen molar-refractivity contribution in [3.63, 3.8) is 0 Å². The van der Waals surface area contributed by atoms with Crippen LogP contribution in [0.3, 0.4) is 0 Å². The molecule has 3 N–H and O–H groups in total. The lowest BCUT2D eigenvalue weighted by atomic mass is 9.74. The number of oxazole rings is 1. The molecule has 132 valence electrons. The number of benzene rings is 1. The Morgan fingerprint density at radius 1 is 1.50 bits per heavy atom. The van der Waals surface area contributed by atoms with E-state index >= 15 is 0 Å². The minimum atomic E-state index is -0.439. The number of nitrogens with one attached hydrogen (secondary N) is 1. The van der Waals surface area contributed by atoms with Gasteiger partial charge in [-0.1, -0.05) is 12.8 Å². The zero-order valence-electron chi connectivity index (χ0n) is 14.0. The molecule has 1 aliphatic carbocycles. The highest BCUT2D eigenvalue weighted by Crippen LogP contribution is 2.32. The van der Waals surface area contributed by atoms with Gasteiger partial charge in [-0.3, -0.25) is 4.79 Å². The summed E-state index contributed by atoms with van der Waals surface area (Å²) >= 11 is 0. The van der Waals surface area contributed by atoms with Crippen LogP contribution in [0.4, 0.5) is 5.69 Å². The predicted molar refractivity (Wildman–Crippen MR) is 95.2 cm³/mol. The summed E-state index contributed by atoms with van der Waals surface area (Å²) in [5.41, 5.74) is 7.95. The van der Waals surface area contributed by atoms with Gasteiger partial charge in [-0.2, -0.15) is 0 Å². The third kappa shape index (κ3) is 3.88. The van der Waals surface area contributed by atoms with Crippen LogP contribution in [-0.4, -0.2) is 23.5 Å². The molecular formula is C17H24ClN3O3. The summed E-state index contributed by atoms with van der Waals surface area (Å²) in [6.45, 7) is 2.29. The first-order valence-corrected chi connectivity index (χ1v) is 7.98. The van der Waals surface area contributed by atoms with Gasteiger partial charge in [0.1, 0.15) is 12.1 Å². The van der Waals surface area contributed by atoms with E-state index in [1.54, 1.807) is 13.2 Å². The molecule has 1 aliphatic rings. The molecule has 1 fully saturated rings. The molecule has 1 amide bonds. The van der Waals surface area contributed by atoms with Crippen LogP contribution < -0.4 is 11.1 Å². The number of hydrogen-bond donors (Lipinski definition) is 2. The lowest BCUT2D eigenvalue weighted by molar-refractivity contribution is -0.122. The van der Waals surface area contributed by atoms with Crippen LogP contribution >= 0.6 is 12.4 Å². The maximum Gasteiger partial charge on any atom is 0.229 e. The Kier molecular flexibility index (Phi) is 5.85. The van der Waals surface area contributed by atoms with Gasteiger partial charge in [-0.05, 0) is 38.0 Å². The number of anilines is 1. The number of methoxy groups -OCH3 is 1. The number of ether oxygens (including phenoxy) is 1. The van der Waals surface area contributed by atoms with E-state index in [1.807, 2.05) is 19.1 Å². The Bertz CT molecular complexity index is 714. The van der Waals surface area contributed by atoms with E-state index < -0.39 is 5.54 Å². The summed E-state index contributed by atoms with van der Waals surface area (Å²) < 4.78 is 10.6. The predicted octanol–water partition coefficient (Wildman–Crippen LogP) is 3.24. The molecule has 1 heterocycles. The van der Waals surface area contributed by atoms with E-state index in [0.29, 0.717) is 29.3 Å². The smallest absolute Gasteiger partial charge is 0.229 e. The van der Waals surface area contributed by atoms with Crippen molar-refractivity contribution < 1.29 is 13.9 Å². The van der Waals surface area contributed by atoms with Crippen molar-refractivity contribution in [2.75, 3.05) is 12.4 Å². The van der Waals surface area contributed by atoms with Crippen molar-refractivity contribution in [2.45, 2.75) is 44.8 Å².